The summed E-state index contributed by atoms with van der Waals surface area (Å²) < 4.78 is 8.31. The van der Waals surface area contributed by atoms with Gasteiger partial charge in [-0.3, -0.25) is 4.68 Å². The van der Waals surface area contributed by atoms with Gasteiger partial charge in [0, 0.05) is 12.7 Å². The quantitative estimate of drug-likeness (QED) is 0.675. The van der Waals surface area contributed by atoms with Gasteiger partial charge in [-0.15, -0.1) is 0 Å². The standard InChI is InChI=1S/C11H14IN3O/c1-9-6-14-15(8-9)5-4-13-7-10-2-3-11(12)16-10/h2-3,6,8,13H,4-5,7H2,1H3. The first-order chi connectivity index (χ1) is 7.74. The highest BCUT2D eigenvalue weighted by Gasteiger charge is 1.98. The molecule has 86 valence electrons. The van der Waals surface area contributed by atoms with Crippen LogP contribution in [0.5, 0.6) is 0 Å². The summed E-state index contributed by atoms with van der Waals surface area (Å²) in [4.78, 5) is 0. The third-order valence-electron chi connectivity index (χ3n) is 2.21. The zero-order valence-electron chi connectivity index (χ0n) is 9.11. The molecule has 2 aromatic heterocycles. The van der Waals surface area contributed by atoms with Crippen LogP contribution in [0.1, 0.15) is 11.3 Å². The smallest absolute Gasteiger partial charge is 0.164 e. The van der Waals surface area contributed by atoms with Gasteiger partial charge >= 0.3 is 0 Å². The van der Waals surface area contributed by atoms with Crippen LogP contribution < -0.4 is 5.32 Å². The maximum absolute atomic E-state index is 5.44. The molecule has 16 heavy (non-hydrogen) atoms. The number of rotatable bonds is 5. The van der Waals surface area contributed by atoms with Crippen LogP contribution in [0.15, 0.2) is 28.9 Å². The molecular formula is C11H14IN3O. The van der Waals surface area contributed by atoms with Crippen molar-refractivity contribution >= 4 is 22.6 Å². The van der Waals surface area contributed by atoms with E-state index in [2.05, 4.69) is 33.0 Å². The number of aromatic nitrogens is 2. The molecule has 0 saturated carbocycles. The number of furan rings is 1. The molecule has 5 heteroatoms. The first-order valence-corrected chi connectivity index (χ1v) is 6.26. The van der Waals surface area contributed by atoms with E-state index in [9.17, 15) is 0 Å². The van der Waals surface area contributed by atoms with Gasteiger partial charge in [-0.2, -0.15) is 5.10 Å². The molecule has 0 unspecified atom stereocenters. The van der Waals surface area contributed by atoms with Gasteiger partial charge < -0.3 is 9.73 Å². The summed E-state index contributed by atoms with van der Waals surface area (Å²) in [7, 11) is 0. The van der Waals surface area contributed by atoms with Crippen molar-refractivity contribution in [2.75, 3.05) is 6.54 Å². The van der Waals surface area contributed by atoms with Crippen LogP contribution in [-0.2, 0) is 13.1 Å². The molecular weight excluding hydrogens is 317 g/mol. The average Bonchev–Trinajstić information content (AvgIpc) is 2.83. The van der Waals surface area contributed by atoms with Gasteiger partial charge in [0.05, 0.1) is 19.3 Å². The molecule has 0 aliphatic heterocycles. The second-order valence-corrected chi connectivity index (χ2v) is 4.73. The Hall–Kier alpha value is -0.820. The largest absolute Gasteiger partial charge is 0.454 e. The van der Waals surface area contributed by atoms with Gasteiger partial charge in [-0.05, 0) is 47.2 Å². The number of halogens is 1. The Bertz CT molecular complexity index is 407. The van der Waals surface area contributed by atoms with Crippen molar-refractivity contribution in [3.63, 3.8) is 0 Å². The molecule has 0 aliphatic rings. The van der Waals surface area contributed by atoms with Gasteiger partial charge in [0.1, 0.15) is 5.76 Å². The third kappa shape index (κ3) is 3.34. The first-order valence-electron chi connectivity index (χ1n) is 5.18. The van der Waals surface area contributed by atoms with Gasteiger partial charge in [0.15, 0.2) is 3.77 Å². The number of aryl methyl sites for hydroxylation is 1. The van der Waals surface area contributed by atoms with E-state index >= 15 is 0 Å². The maximum atomic E-state index is 5.44. The van der Waals surface area contributed by atoms with Crippen molar-refractivity contribution in [1.82, 2.24) is 15.1 Å². The first kappa shape index (κ1) is 11.7. The normalized spacial score (nSPS) is 10.9. The number of nitrogens with zero attached hydrogens (tertiary/aromatic N) is 2. The maximum Gasteiger partial charge on any atom is 0.164 e. The van der Waals surface area contributed by atoms with E-state index in [0.717, 1.165) is 29.2 Å². The minimum Gasteiger partial charge on any atom is -0.454 e. The Labute approximate surface area is 108 Å². The summed E-state index contributed by atoms with van der Waals surface area (Å²) in [5.41, 5.74) is 1.19. The van der Waals surface area contributed by atoms with E-state index in [1.54, 1.807) is 0 Å². The van der Waals surface area contributed by atoms with Crippen LogP contribution in [-0.4, -0.2) is 16.3 Å². The van der Waals surface area contributed by atoms with Crippen molar-refractivity contribution in [1.29, 1.82) is 0 Å². The molecule has 2 heterocycles. The molecule has 1 N–H and O–H groups in total. The molecule has 0 fully saturated rings. The second kappa shape index (κ2) is 5.49. The summed E-state index contributed by atoms with van der Waals surface area (Å²) in [6.45, 7) is 4.58. The van der Waals surface area contributed by atoms with Gasteiger partial charge in [-0.1, -0.05) is 0 Å². The van der Waals surface area contributed by atoms with E-state index in [1.165, 1.54) is 5.56 Å². The van der Waals surface area contributed by atoms with Crippen LogP contribution in [0.2, 0.25) is 0 Å². The molecule has 0 aromatic carbocycles. The number of hydrogen-bond acceptors (Lipinski definition) is 3. The van der Waals surface area contributed by atoms with E-state index in [0.29, 0.717) is 0 Å². The highest BCUT2D eigenvalue weighted by molar-refractivity contribution is 14.1. The van der Waals surface area contributed by atoms with E-state index in [-0.39, 0.29) is 0 Å². The van der Waals surface area contributed by atoms with Crippen molar-refractivity contribution in [2.24, 2.45) is 0 Å². The van der Waals surface area contributed by atoms with E-state index < -0.39 is 0 Å². The minimum absolute atomic E-state index is 0.767. The van der Waals surface area contributed by atoms with Crippen LogP contribution in [0.25, 0.3) is 0 Å². The van der Waals surface area contributed by atoms with E-state index in [4.69, 9.17) is 4.42 Å². The van der Waals surface area contributed by atoms with Gasteiger partial charge in [0.25, 0.3) is 0 Å². The van der Waals surface area contributed by atoms with E-state index in [1.807, 2.05) is 36.1 Å². The van der Waals surface area contributed by atoms with Crippen molar-refractivity contribution in [2.45, 2.75) is 20.0 Å². The Balaban J connectivity index is 1.69. The van der Waals surface area contributed by atoms with Crippen molar-refractivity contribution in [3.05, 3.63) is 39.6 Å². The molecule has 0 atom stereocenters. The highest BCUT2D eigenvalue weighted by atomic mass is 127. The molecule has 0 amide bonds. The monoisotopic (exact) mass is 331 g/mol. The summed E-state index contributed by atoms with van der Waals surface area (Å²) in [6, 6.07) is 3.96. The minimum atomic E-state index is 0.767. The Morgan fingerprint density at radius 2 is 2.38 bits per heavy atom. The zero-order valence-corrected chi connectivity index (χ0v) is 11.3. The zero-order chi connectivity index (χ0) is 11.4. The molecule has 0 bridgehead atoms. The topological polar surface area (TPSA) is 43.0 Å². The molecule has 0 spiro atoms. The predicted molar refractivity (Wildman–Crippen MR) is 70.1 cm³/mol. The fraction of sp³-hybridized carbons (Fsp3) is 0.364. The molecule has 4 nitrogen and oxygen atoms in total. The fourth-order valence-corrected chi connectivity index (χ4v) is 1.90. The molecule has 0 radical (unpaired) electrons. The van der Waals surface area contributed by atoms with Crippen LogP contribution in [0.4, 0.5) is 0 Å². The molecule has 0 aliphatic carbocycles. The Morgan fingerprint density at radius 3 is 3.00 bits per heavy atom. The number of hydrogen-bond donors (Lipinski definition) is 1. The third-order valence-corrected chi connectivity index (χ3v) is 2.79. The summed E-state index contributed by atoms with van der Waals surface area (Å²) in [6.07, 6.45) is 3.91. The lowest BCUT2D eigenvalue weighted by Crippen LogP contribution is -2.19. The average molecular weight is 331 g/mol. The SMILES string of the molecule is Cc1cnn(CCNCc2ccc(I)o2)c1. The Morgan fingerprint density at radius 1 is 1.50 bits per heavy atom. The number of nitrogens with one attached hydrogen (secondary N) is 1. The lowest BCUT2D eigenvalue weighted by molar-refractivity contribution is 0.454. The molecule has 2 aromatic rings. The lowest BCUT2D eigenvalue weighted by atomic mass is 10.4. The summed E-state index contributed by atoms with van der Waals surface area (Å²) >= 11 is 2.17. The Kier molecular flexibility index (Phi) is 4.00. The second-order valence-electron chi connectivity index (χ2n) is 3.66. The lowest BCUT2D eigenvalue weighted by Gasteiger charge is -2.02. The van der Waals surface area contributed by atoms with Crippen molar-refractivity contribution in [3.8, 4) is 0 Å². The fourth-order valence-electron chi connectivity index (χ4n) is 1.44. The van der Waals surface area contributed by atoms with Gasteiger partial charge in [-0.25, -0.2) is 0 Å². The van der Waals surface area contributed by atoms with Crippen LogP contribution in [0.3, 0.4) is 0 Å². The van der Waals surface area contributed by atoms with Crippen LogP contribution >= 0.6 is 22.6 Å². The van der Waals surface area contributed by atoms with Gasteiger partial charge in [0.2, 0.25) is 0 Å². The predicted octanol–water partition coefficient (Wildman–Crippen LogP) is 2.18. The molecule has 0 saturated heterocycles. The molecule has 2 rings (SSSR count). The summed E-state index contributed by atoms with van der Waals surface area (Å²) in [5, 5.41) is 7.53. The highest BCUT2D eigenvalue weighted by Crippen LogP contribution is 2.09. The van der Waals surface area contributed by atoms with Crippen LogP contribution in [0, 0.1) is 10.7 Å². The van der Waals surface area contributed by atoms with Crippen molar-refractivity contribution < 1.29 is 4.42 Å². The summed E-state index contributed by atoms with van der Waals surface area (Å²) in [5.74, 6) is 0.973.